The van der Waals surface area contributed by atoms with Gasteiger partial charge in [0.2, 0.25) is 11.7 Å². The SMILES string of the molecule is COC(=O)c1cn(CCCc2nc(-c3cccs3)no2)cc2c(=O)[nH]nc1-2. The van der Waals surface area contributed by atoms with Crippen LogP contribution in [0.3, 0.4) is 0 Å². The molecule has 0 atom stereocenters. The van der Waals surface area contributed by atoms with Gasteiger partial charge in [-0.25, -0.2) is 9.89 Å². The molecule has 9 nitrogen and oxygen atoms in total. The maximum Gasteiger partial charge on any atom is 0.341 e. The van der Waals surface area contributed by atoms with Crippen LogP contribution in [0.15, 0.2) is 39.2 Å². The first kappa shape index (κ1) is 17.2. The largest absolute Gasteiger partial charge is 0.465 e. The molecule has 2 aliphatic heterocycles. The predicted molar refractivity (Wildman–Crippen MR) is 96.7 cm³/mol. The molecule has 0 spiro atoms. The third-order valence-electron chi connectivity index (χ3n) is 4.04. The molecule has 2 aliphatic rings. The molecular weight excluding hydrogens is 370 g/mol. The van der Waals surface area contributed by atoms with Gasteiger partial charge in [-0.2, -0.15) is 10.1 Å². The summed E-state index contributed by atoms with van der Waals surface area (Å²) in [5.41, 5.74) is 0.546. The second-order valence-electron chi connectivity index (χ2n) is 5.81. The van der Waals surface area contributed by atoms with Crippen LogP contribution in [0.25, 0.3) is 22.0 Å². The molecule has 27 heavy (non-hydrogen) atoms. The number of fused-ring (bicyclic) bond motifs is 1. The number of thiophene rings is 1. The summed E-state index contributed by atoms with van der Waals surface area (Å²) < 4.78 is 11.8. The van der Waals surface area contributed by atoms with Gasteiger partial charge >= 0.3 is 5.97 Å². The van der Waals surface area contributed by atoms with Crippen LogP contribution in [0.1, 0.15) is 22.7 Å². The van der Waals surface area contributed by atoms with E-state index < -0.39 is 5.97 Å². The number of methoxy groups -OCH3 is 1. The Morgan fingerprint density at radius 2 is 2.30 bits per heavy atom. The van der Waals surface area contributed by atoms with Gasteiger partial charge in [0.25, 0.3) is 5.56 Å². The molecule has 138 valence electrons. The quantitative estimate of drug-likeness (QED) is 0.506. The maximum absolute atomic E-state index is 12.0. The summed E-state index contributed by atoms with van der Waals surface area (Å²) >= 11 is 1.55. The van der Waals surface area contributed by atoms with E-state index in [-0.39, 0.29) is 11.1 Å². The summed E-state index contributed by atoms with van der Waals surface area (Å²) in [6.07, 6.45) is 4.55. The average Bonchev–Trinajstić information content (AvgIpc) is 3.42. The van der Waals surface area contributed by atoms with Crippen molar-refractivity contribution in [2.24, 2.45) is 0 Å². The van der Waals surface area contributed by atoms with Crippen molar-refractivity contribution in [3.8, 4) is 22.0 Å². The number of carbonyl (C=O) groups is 1. The Hall–Kier alpha value is -3.27. The van der Waals surface area contributed by atoms with Gasteiger partial charge in [-0.15, -0.1) is 11.3 Å². The lowest BCUT2D eigenvalue weighted by molar-refractivity contribution is 0.0600. The molecular formula is C17H15N5O4S. The first-order chi connectivity index (χ1) is 13.2. The van der Waals surface area contributed by atoms with Crippen LogP contribution < -0.4 is 5.56 Å². The van der Waals surface area contributed by atoms with Crippen molar-refractivity contribution in [1.29, 1.82) is 0 Å². The zero-order chi connectivity index (χ0) is 18.8. The number of aromatic amines is 1. The van der Waals surface area contributed by atoms with E-state index in [1.165, 1.54) is 7.11 Å². The number of ether oxygens (including phenoxy) is 1. The predicted octanol–water partition coefficient (Wildman–Crippen LogP) is 2.21. The van der Waals surface area contributed by atoms with Gasteiger partial charge in [0.15, 0.2) is 0 Å². The summed E-state index contributed by atoms with van der Waals surface area (Å²) in [5.74, 6) is 0.580. The first-order valence-electron chi connectivity index (χ1n) is 8.18. The number of H-pyrrole nitrogens is 1. The van der Waals surface area contributed by atoms with Gasteiger partial charge < -0.3 is 13.8 Å². The number of hydrogen-bond donors (Lipinski definition) is 1. The number of nitrogens with zero attached hydrogens (tertiary/aromatic N) is 4. The van der Waals surface area contributed by atoms with Gasteiger partial charge in [0, 0.05) is 25.4 Å². The highest BCUT2D eigenvalue weighted by Crippen LogP contribution is 2.22. The lowest BCUT2D eigenvalue weighted by Crippen LogP contribution is -2.12. The molecule has 0 saturated carbocycles. The van der Waals surface area contributed by atoms with E-state index >= 15 is 0 Å². The summed E-state index contributed by atoms with van der Waals surface area (Å²) in [6, 6.07) is 3.87. The number of aromatic nitrogens is 5. The molecule has 4 heterocycles. The number of hydrogen-bond acceptors (Lipinski definition) is 8. The molecule has 0 aromatic carbocycles. The standard InChI is InChI=1S/C17H15N5O4S/c1-25-17(24)11-9-22(8-10-14(11)19-20-16(10)23)6-2-5-13-18-15(21-26-13)12-4-3-7-27-12/h3-4,7-9H,2,5-6H2,1H3,(H,20,23). The highest BCUT2D eigenvalue weighted by molar-refractivity contribution is 7.13. The molecule has 0 aliphatic carbocycles. The third kappa shape index (κ3) is 3.38. The van der Waals surface area contributed by atoms with Gasteiger partial charge in [-0.1, -0.05) is 11.2 Å². The summed E-state index contributed by atoms with van der Waals surface area (Å²) in [5, 5.41) is 12.2. The number of rotatable bonds is 6. The normalized spacial score (nSPS) is 11.1. The Labute approximate surface area is 156 Å². The second kappa shape index (κ2) is 7.16. The second-order valence-corrected chi connectivity index (χ2v) is 6.76. The maximum atomic E-state index is 12.0. The van der Waals surface area contributed by atoms with E-state index in [0.717, 1.165) is 4.88 Å². The van der Waals surface area contributed by atoms with Crippen LogP contribution >= 0.6 is 11.3 Å². The Bertz CT molecular complexity index is 1090. The molecule has 0 fully saturated rings. The third-order valence-corrected chi connectivity index (χ3v) is 4.90. The van der Waals surface area contributed by atoms with Crippen LogP contribution in [0.2, 0.25) is 0 Å². The van der Waals surface area contributed by atoms with E-state index in [4.69, 9.17) is 9.26 Å². The molecule has 0 bridgehead atoms. The Kier molecular flexibility index (Phi) is 4.55. The van der Waals surface area contributed by atoms with Crippen molar-refractivity contribution in [2.75, 3.05) is 7.11 Å². The molecule has 1 N–H and O–H groups in total. The van der Waals surface area contributed by atoms with Crippen molar-refractivity contribution in [2.45, 2.75) is 19.4 Å². The van der Waals surface area contributed by atoms with Gasteiger partial charge in [-0.05, 0) is 17.9 Å². The van der Waals surface area contributed by atoms with Crippen LogP contribution in [-0.2, 0) is 17.7 Å². The number of pyridine rings is 1. The van der Waals surface area contributed by atoms with Crippen LogP contribution in [0, 0.1) is 0 Å². The molecule has 0 amide bonds. The molecule has 0 saturated heterocycles. The lowest BCUT2D eigenvalue weighted by atomic mass is 10.1. The van der Waals surface area contributed by atoms with E-state index in [2.05, 4.69) is 20.3 Å². The molecule has 2 aromatic rings. The van der Waals surface area contributed by atoms with Crippen LogP contribution in [0.4, 0.5) is 0 Å². The fourth-order valence-electron chi connectivity index (χ4n) is 2.75. The summed E-state index contributed by atoms with van der Waals surface area (Å²) in [6.45, 7) is 0.557. The van der Waals surface area contributed by atoms with Crippen molar-refractivity contribution < 1.29 is 14.1 Å². The minimum Gasteiger partial charge on any atom is -0.465 e. The number of carbonyl (C=O) groups excluding carboxylic acids is 1. The highest BCUT2D eigenvalue weighted by atomic mass is 32.1. The Morgan fingerprint density at radius 3 is 3.07 bits per heavy atom. The van der Waals surface area contributed by atoms with Crippen molar-refractivity contribution in [3.05, 3.63) is 51.7 Å². The smallest absolute Gasteiger partial charge is 0.341 e. The van der Waals surface area contributed by atoms with E-state index in [9.17, 15) is 9.59 Å². The Balaban J connectivity index is 1.49. The molecule has 2 aromatic heterocycles. The topological polar surface area (TPSA) is 116 Å². The molecule has 10 heteroatoms. The van der Waals surface area contributed by atoms with Crippen molar-refractivity contribution in [1.82, 2.24) is 24.9 Å². The van der Waals surface area contributed by atoms with Crippen molar-refractivity contribution in [3.63, 3.8) is 0 Å². The minimum atomic E-state index is -0.543. The zero-order valence-corrected chi connectivity index (χ0v) is 15.2. The lowest BCUT2D eigenvalue weighted by Gasteiger charge is -2.11. The van der Waals surface area contributed by atoms with E-state index in [1.807, 2.05) is 17.5 Å². The number of esters is 1. The van der Waals surface area contributed by atoms with Crippen LogP contribution in [-0.4, -0.2) is 38.0 Å². The summed E-state index contributed by atoms with van der Waals surface area (Å²) in [7, 11) is 1.29. The van der Waals surface area contributed by atoms with E-state index in [0.29, 0.717) is 42.4 Å². The molecule has 0 radical (unpaired) electrons. The first-order valence-corrected chi connectivity index (χ1v) is 9.06. The fourth-order valence-corrected chi connectivity index (χ4v) is 3.40. The zero-order valence-electron chi connectivity index (χ0n) is 14.3. The Morgan fingerprint density at radius 1 is 1.41 bits per heavy atom. The van der Waals surface area contributed by atoms with Gasteiger partial charge in [0.1, 0.15) is 11.3 Å². The van der Waals surface area contributed by atoms with Gasteiger partial charge in [0.05, 0.1) is 17.6 Å². The average molecular weight is 385 g/mol. The fraction of sp³-hybridized carbons (Fsp3) is 0.235. The van der Waals surface area contributed by atoms with Crippen molar-refractivity contribution >= 4 is 17.3 Å². The minimum absolute atomic E-state index is 0.242. The summed E-state index contributed by atoms with van der Waals surface area (Å²) in [4.78, 5) is 29.2. The van der Waals surface area contributed by atoms with Crippen LogP contribution in [0.5, 0.6) is 0 Å². The molecule has 4 rings (SSSR count). The molecule has 0 unspecified atom stereocenters. The van der Waals surface area contributed by atoms with Gasteiger partial charge in [-0.3, -0.25) is 4.79 Å². The van der Waals surface area contributed by atoms with E-state index in [1.54, 1.807) is 28.3 Å². The number of aryl methyl sites for hydroxylation is 2. The highest BCUT2D eigenvalue weighted by Gasteiger charge is 2.21. The monoisotopic (exact) mass is 385 g/mol. The number of nitrogens with one attached hydrogen (secondary N) is 1.